The second-order valence-corrected chi connectivity index (χ2v) is 4.08. The molecule has 0 N–H and O–H groups in total. The Hall–Kier alpha value is 0.1000. The third-order valence-corrected chi connectivity index (χ3v) is 1.83. The van der Waals surface area contributed by atoms with Gasteiger partial charge in [0.1, 0.15) is 5.71 Å². The molecule has 4 nitrogen and oxygen atoms in total. The Labute approximate surface area is 101 Å². The molecule has 0 aliphatic rings. The van der Waals surface area contributed by atoms with Gasteiger partial charge in [-0.25, -0.2) is 4.79 Å². The fourth-order valence-corrected chi connectivity index (χ4v) is 1.33. The van der Waals surface area contributed by atoms with E-state index in [1.54, 1.807) is 6.92 Å². The maximum atomic E-state index is 10.7. The second-order valence-electron chi connectivity index (χ2n) is 1.89. The van der Waals surface area contributed by atoms with Gasteiger partial charge < -0.3 is 4.74 Å². The van der Waals surface area contributed by atoms with Crippen LogP contribution in [-0.4, -0.2) is 28.1 Å². The predicted molar refractivity (Wildman–Crippen MR) is 56.5 cm³/mol. The summed E-state index contributed by atoms with van der Waals surface area (Å²) in [7, 11) is 0. The van der Waals surface area contributed by atoms with Crippen molar-refractivity contribution in [2.45, 2.75) is 16.6 Å². The van der Waals surface area contributed by atoms with E-state index in [1.165, 1.54) is 0 Å². The zero-order chi connectivity index (χ0) is 11.1. The van der Waals surface area contributed by atoms with E-state index in [0.717, 1.165) is 0 Å². The molecule has 0 saturated carbocycles. The van der Waals surface area contributed by atoms with E-state index < -0.39 is 15.8 Å². The first-order valence-electron chi connectivity index (χ1n) is 3.46. The van der Waals surface area contributed by atoms with Crippen molar-refractivity contribution in [1.29, 1.82) is 0 Å². The summed E-state index contributed by atoms with van der Waals surface area (Å²) in [6.45, 7) is 1.78. The zero-order valence-electron chi connectivity index (χ0n) is 7.05. The zero-order valence-corrected chi connectivity index (χ0v) is 10.1. The fraction of sp³-hybridized carbons (Fsp3) is 0.667. The van der Waals surface area contributed by atoms with Crippen molar-refractivity contribution in [2.75, 3.05) is 6.61 Å². The van der Waals surface area contributed by atoms with Crippen molar-refractivity contribution >= 4 is 58.3 Å². The average molecular weight is 283 g/mol. The Balaban J connectivity index is 4.23. The molecular formula is C6H7Cl4NO3. The first kappa shape index (κ1) is 14.1. The lowest BCUT2D eigenvalue weighted by atomic mass is 10.5. The minimum absolute atomic E-state index is 0.0790. The molecule has 8 heteroatoms. The van der Waals surface area contributed by atoms with Crippen molar-refractivity contribution in [3.05, 3.63) is 0 Å². The van der Waals surface area contributed by atoms with E-state index in [9.17, 15) is 4.79 Å². The standard InChI is InChI=1S/C6H7Cl4NO3/c1-2-13-6(12)14-11-3(4(7)8)5(9)10/h4-5H,2H2,1H3. The molecule has 0 aliphatic heterocycles. The fourth-order valence-electron chi connectivity index (χ4n) is 0.409. The van der Waals surface area contributed by atoms with E-state index in [-0.39, 0.29) is 12.3 Å². The van der Waals surface area contributed by atoms with Crippen molar-refractivity contribution in [2.24, 2.45) is 5.16 Å². The van der Waals surface area contributed by atoms with Crippen LogP contribution < -0.4 is 0 Å². The van der Waals surface area contributed by atoms with Crippen LogP contribution in [0.2, 0.25) is 0 Å². The SMILES string of the molecule is CCOC(=O)ON=C(C(Cl)Cl)C(Cl)Cl. The third kappa shape index (κ3) is 5.75. The van der Waals surface area contributed by atoms with Crippen molar-refractivity contribution < 1.29 is 14.4 Å². The lowest BCUT2D eigenvalue weighted by Crippen LogP contribution is -2.18. The minimum Gasteiger partial charge on any atom is -0.433 e. The molecule has 0 aliphatic carbocycles. The third-order valence-electron chi connectivity index (χ3n) is 0.935. The Bertz CT molecular complexity index is 209. The molecule has 0 aromatic carbocycles. The molecule has 0 radical (unpaired) electrons. The molecule has 0 aromatic heterocycles. The largest absolute Gasteiger partial charge is 0.535 e. The molecule has 14 heavy (non-hydrogen) atoms. The average Bonchev–Trinajstić information content (AvgIpc) is 2.03. The first-order valence-corrected chi connectivity index (χ1v) is 5.21. The Morgan fingerprint density at radius 3 is 2.14 bits per heavy atom. The summed E-state index contributed by atoms with van der Waals surface area (Å²) in [4.78, 5) is 12.8. The van der Waals surface area contributed by atoms with E-state index in [2.05, 4.69) is 14.7 Å². The normalized spacial score (nSPS) is 10.2. The number of alkyl halides is 4. The molecule has 0 heterocycles. The summed E-state index contributed by atoms with van der Waals surface area (Å²) >= 11 is 21.7. The lowest BCUT2D eigenvalue weighted by molar-refractivity contribution is 0.0612. The number of nitrogens with zero attached hydrogens (tertiary/aromatic N) is 1. The summed E-state index contributed by atoms with van der Waals surface area (Å²) in [5.41, 5.74) is -0.0790. The Morgan fingerprint density at radius 1 is 1.29 bits per heavy atom. The van der Waals surface area contributed by atoms with Gasteiger partial charge in [0.2, 0.25) is 0 Å². The molecule has 0 rings (SSSR count). The van der Waals surface area contributed by atoms with Crippen LogP contribution in [0.15, 0.2) is 5.16 Å². The van der Waals surface area contributed by atoms with Gasteiger partial charge in [-0.05, 0) is 6.92 Å². The molecule has 0 atom stereocenters. The van der Waals surface area contributed by atoms with Gasteiger partial charge in [0.25, 0.3) is 0 Å². The van der Waals surface area contributed by atoms with E-state index in [4.69, 9.17) is 46.4 Å². The van der Waals surface area contributed by atoms with Crippen LogP contribution in [0.3, 0.4) is 0 Å². The highest BCUT2D eigenvalue weighted by Gasteiger charge is 2.19. The number of hydrogen-bond acceptors (Lipinski definition) is 4. The van der Waals surface area contributed by atoms with E-state index >= 15 is 0 Å². The van der Waals surface area contributed by atoms with Gasteiger partial charge in [-0.2, -0.15) is 0 Å². The van der Waals surface area contributed by atoms with Crippen LogP contribution in [-0.2, 0) is 9.57 Å². The van der Waals surface area contributed by atoms with Crippen molar-refractivity contribution in [3.63, 3.8) is 0 Å². The molecule has 0 aromatic rings. The van der Waals surface area contributed by atoms with Crippen LogP contribution in [0.1, 0.15) is 6.92 Å². The van der Waals surface area contributed by atoms with Crippen LogP contribution in [0, 0.1) is 0 Å². The predicted octanol–water partition coefficient (Wildman–Crippen LogP) is 3.12. The van der Waals surface area contributed by atoms with Crippen molar-refractivity contribution in [1.82, 2.24) is 0 Å². The molecule has 0 fully saturated rings. The van der Waals surface area contributed by atoms with E-state index in [1.807, 2.05) is 0 Å². The smallest absolute Gasteiger partial charge is 0.433 e. The number of carbonyl (C=O) groups is 1. The molecule has 0 amide bonds. The van der Waals surface area contributed by atoms with Crippen molar-refractivity contribution in [3.8, 4) is 0 Å². The summed E-state index contributed by atoms with van der Waals surface area (Å²) in [5.74, 6) is 0. The van der Waals surface area contributed by atoms with Gasteiger partial charge >= 0.3 is 6.16 Å². The summed E-state index contributed by atoms with van der Waals surface area (Å²) in [6.07, 6.45) is -0.979. The molecule has 0 saturated heterocycles. The van der Waals surface area contributed by atoms with Crippen LogP contribution in [0.5, 0.6) is 0 Å². The number of rotatable bonds is 4. The van der Waals surface area contributed by atoms with Crippen LogP contribution >= 0.6 is 46.4 Å². The topological polar surface area (TPSA) is 47.9 Å². The van der Waals surface area contributed by atoms with Gasteiger partial charge in [0.05, 0.1) is 6.61 Å². The molecule has 0 unspecified atom stereocenters. The molecule has 0 spiro atoms. The monoisotopic (exact) mass is 281 g/mol. The minimum atomic E-state index is -1.05. The number of ether oxygens (including phenoxy) is 1. The van der Waals surface area contributed by atoms with Gasteiger partial charge in [-0.15, -0.1) is 0 Å². The number of hydrogen-bond donors (Lipinski definition) is 0. The van der Waals surface area contributed by atoms with Gasteiger partial charge in [0, 0.05) is 0 Å². The number of carbonyl (C=O) groups excluding carboxylic acids is 1. The maximum absolute atomic E-state index is 10.7. The van der Waals surface area contributed by atoms with Crippen LogP contribution in [0.4, 0.5) is 4.79 Å². The van der Waals surface area contributed by atoms with Gasteiger partial charge in [-0.3, -0.25) is 4.84 Å². The lowest BCUT2D eigenvalue weighted by Gasteiger charge is -2.06. The quantitative estimate of drug-likeness (QED) is 0.262. The number of halogens is 4. The Morgan fingerprint density at radius 2 is 1.79 bits per heavy atom. The Kier molecular flexibility index (Phi) is 7.45. The van der Waals surface area contributed by atoms with Gasteiger partial charge in [0.15, 0.2) is 9.67 Å². The maximum Gasteiger partial charge on any atom is 0.535 e. The van der Waals surface area contributed by atoms with Crippen LogP contribution in [0.25, 0.3) is 0 Å². The molecule has 82 valence electrons. The molecular weight excluding hydrogens is 276 g/mol. The first-order chi connectivity index (χ1) is 6.49. The van der Waals surface area contributed by atoms with Gasteiger partial charge in [-0.1, -0.05) is 51.6 Å². The highest BCUT2D eigenvalue weighted by Crippen LogP contribution is 2.15. The summed E-state index contributed by atoms with van der Waals surface area (Å²) < 4.78 is 4.41. The van der Waals surface area contributed by atoms with E-state index in [0.29, 0.717) is 0 Å². The molecule has 0 bridgehead atoms. The second kappa shape index (κ2) is 7.40. The summed E-state index contributed by atoms with van der Waals surface area (Å²) in [6, 6.07) is 0. The number of oxime groups is 1. The highest BCUT2D eigenvalue weighted by molar-refractivity contribution is 6.64. The highest BCUT2D eigenvalue weighted by atomic mass is 35.5. The summed E-state index contributed by atoms with van der Waals surface area (Å²) in [5, 5.41) is 3.26.